The van der Waals surface area contributed by atoms with Crippen LogP contribution in [0.1, 0.15) is 73.7 Å². The summed E-state index contributed by atoms with van der Waals surface area (Å²) in [6.07, 6.45) is 3.36. The summed E-state index contributed by atoms with van der Waals surface area (Å²) in [5.41, 5.74) is 1.68. The van der Waals surface area contributed by atoms with E-state index in [-0.39, 0.29) is 17.9 Å². The van der Waals surface area contributed by atoms with E-state index in [0.717, 1.165) is 54.5 Å². The molecule has 7 heteroatoms. The average Bonchev–Trinajstić information content (AvgIpc) is 3.17. The third-order valence-electron chi connectivity index (χ3n) is 4.68. The summed E-state index contributed by atoms with van der Waals surface area (Å²) in [5.74, 6) is 2.68. The molecule has 0 radical (unpaired) electrons. The highest BCUT2D eigenvalue weighted by molar-refractivity contribution is 5.79. The van der Waals surface area contributed by atoms with E-state index in [1.165, 1.54) is 0 Å². The van der Waals surface area contributed by atoms with E-state index in [2.05, 4.69) is 34.2 Å². The smallest absolute Gasteiger partial charge is 0.227 e. The second kappa shape index (κ2) is 6.75. The lowest BCUT2D eigenvalue weighted by Gasteiger charge is -2.34. The summed E-state index contributed by atoms with van der Waals surface area (Å²) in [4.78, 5) is 19.4. The Morgan fingerprint density at radius 1 is 1.38 bits per heavy atom. The number of amides is 1. The molecule has 2 aromatic rings. The largest absolute Gasteiger partial charge is 0.361 e. The molecule has 0 aliphatic carbocycles. The lowest BCUT2D eigenvalue weighted by molar-refractivity contribution is -0.134. The molecule has 3 rings (SSSR count). The van der Waals surface area contributed by atoms with Crippen molar-refractivity contribution in [2.75, 3.05) is 6.54 Å². The molecular weight excluding hydrogens is 306 g/mol. The van der Waals surface area contributed by atoms with Crippen molar-refractivity contribution in [3.63, 3.8) is 0 Å². The quantitative estimate of drug-likeness (QED) is 0.930. The first-order chi connectivity index (χ1) is 11.5. The van der Waals surface area contributed by atoms with Crippen LogP contribution in [0.15, 0.2) is 4.52 Å². The number of H-pyrrole nitrogens is 1. The maximum absolute atomic E-state index is 12.9. The molecule has 1 amide bonds. The first-order valence-corrected chi connectivity index (χ1v) is 8.60. The van der Waals surface area contributed by atoms with Crippen LogP contribution < -0.4 is 0 Å². The van der Waals surface area contributed by atoms with Gasteiger partial charge in [-0.2, -0.15) is 5.10 Å². The van der Waals surface area contributed by atoms with E-state index >= 15 is 0 Å². The van der Waals surface area contributed by atoms with Crippen molar-refractivity contribution in [3.8, 4) is 0 Å². The molecule has 1 aliphatic heterocycles. The first-order valence-electron chi connectivity index (χ1n) is 8.60. The molecule has 7 nitrogen and oxygen atoms in total. The van der Waals surface area contributed by atoms with Crippen molar-refractivity contribution in [1.29, 1.82) is 0 Å². The summed E-state index contributed by atoms with van der Waals surface area (Å²) in [6, 6.07) is -0.0216. The zero-order valence-electron chi connectivity index (χ0n) is 14.8. The van der Waals surface area contributed by atoms with Crippen molar-refractivity contribution in [3.05, 3.63) is 28.7 Å². The first kappa shape index (κ1) is 16.7. The highest BCUT2D eigenvalue weighted by atomic mass is 16.5. The Hall–Kier alpha value is -2.18. The van der Waals surface area contributed by atoms with Gasteiger partial charge in [0.25, 0.3) is 0 Å². The molecular formula is C17H25N5O2. The number of likely N-dealkylation sites (tertiary alicyclic amines) is 1. The lowest BCUT2D eigenvalue weighted by Crippen LogP contribution is -2.40. The van der Waals surface area contributed by atoms with Gasteiger partial charge in [0.15, 0.2) is 5.82 Å². The fourth-order valence-electron chi connectivity index (χ4n) is 3.22. The van der Waals surface area contributed by atoms with Crippen LogP contribution in [-0.2, 0) is 11.2 Å². The van der Waals surface area contributed by atoms with Gasteiger partial charge in [-0.25, -0.2) is 4.98 Å². The molecule has 0 spiro atoms. The number of hydrogen-bond acceptors (Lipinski definition) is 5. The van der Waals surface area contributed by atoms with E-state index in [1.807, 2.05) is 18.7 Å². The van der Waals surface area contributed by atoms with Crippen molar-refractivity contribution >= 4 is 5.91 Å². The number of rotatable bonds is 4. The third kappa shape index (κ3) is 3.20. The van der Waals surface area contributed by atoms with E-state index in [0.29, 0.717) is 6.42 Å². The van der Waals surface area contributed by atoms with Crippen molar-refractivity contribution in [1.82, 2.24) is 25.2 Å². The van der Waals surface area contributed by atoms with E-state index in [4.69, 9.17) is 4.52 Å². The Labute approximate surface area is 141 Å². The minimum Gasteiger partial charge on any atom is -0.361 e. The van der Waals surface area contributed by atoms with Gasteiger partial charge in [0.1, 0.15) is 11.6 Å². The van der Waals surface area contributed by atoms with Gasteiger partial charge in [-0.3, -0.25) is 9.89 Å². The number of aromatic nitrogens is 4. The Morgan fingerprint density at radius 2 is 2.17 bits per heavy atom. The van der Waals surface area contributed by atoms with Gasteiger partial charge in [0, 0.05) is 18.0 Å². The fourth-order valence-corrected chi connectivity index (χ4v) is 3.22. The van der Waals surface area contributed by atoms with E-state index in [9.17, 15) is 4.79 Å². The van der Waals surface area contributed by atoms with Crippen molar-refractivity contribution in [2.24, 2.45) is 0 Å². The molecule has 1 atom stereocenters. The minimum atomic E-state index is -0.0216. The summed E-state index contributed by atoms with van der Waals surface area (Å²) < 4.78 is 5.18. The van der Waals surface area contributed by atoms with Gasteiger partial charge >= 0.3 is 0 Å². The summed E-state index contributed by atoms with van der Waals surface area (Å²) in [6.45, 7) is 8.60. The second-order valence-corrected chi connectivity index (χ2v) is 6.81. The molecule has 2 aromatic heterocycles. The van der Waals surface area contributed by atoms with Crippen LogP contribution in [0.2, 0.25) is 0 Å². The van der Waals surface area contributed by atoms with E-state index < -0.39 is 0 Å². The summed E-state index contributed by atoms with van der Waals surface area (Å²) in [5, 5.41) is 11.3. The Kier molecular flexibility index (Phi) is 4.69. The number of hydrogen-bond donors (Lipinski definition) is 1. The number of nitrogens with one attached hydrogen (secondary N) is 1. The predicted molar refractivity (Wildman–Crippen MR) is 88.5 cm³/mol. The van der Waals surface area contributed by atoms with E-state index in [1.54, 1.807) is 0 Å². The molecule has 1 fully saturated rings. The number of carbonyl (C=O) groups is 1. The van der Waals surface area contributed by atoms with Gasteiger partial charge in [-0.05, 0) is 33.1 Å². The van der Waals surface area contributed by atoms with Crippen LogP contribution in [0.25, 0.3) is 0 Å². The Balaban J connectivity index is 1.79. The van der Waals surface area contributed by atoms with Crippen molar-refractivity contribution in [2.45, 2.75) is 65.3 Å². The van der Waals surface area contributed by atoms with Gasteiger partial charge in [0.2, 0.25) is 5.91 Å². The summed E-state index contributed by atoms with van der Waals surface area (Å²) >= 11 is 0. The number of aromatic amines is 1. The molecule has 1 aliphatic rings. The van der Waals surface area contributed by atoms with Gasteiger partial charge in [-0.1, -0.05) is 19.0 Å². The number of piperidine rings is 1. The molecule has 0 saturated carbocycles. The summed E-state index contributed by atoms with van der Waals surface area (Å²) in [7, 11) is 0. The standard InChI is InChI=1S/C17H25N5O2/c1-10(2)16-18-17(20-19-16)14-7-5-6-8-22(14)15(23)9-13-11(3)21-24-12(13)4/h10,14H,5-9H2,1-4H3,(H,18,19,20)/t14-/m0/s1. The highest BCUT2D eigenvalue weighted by Gasteiger charge is 2.31. The zero-order valence-corrected chi connectivity index (χ0v) is 14.8. The maximum atomic E-state index is 12.9. The highest BCUT2D eigenvalue weighted by Crippen LogP contribution is 2.30. The lowest BCUT2D eigenvalue weighted by atomic mass is 10.00. The molecule has 1 saturated heterocycles. The second-order valence-electron chi connectivity index (χ2n) is 6.81. The normalized spacial score (nSPS) is 18.4. The van der Waals surface area contributed by atoms with Gasteiger partial charge in [0.05, 0.1) is 18.2 Å². The zero-order chi connectivity index (χ0) is 17.3. The Bertz CT molecular complexity index is 699. The monoisotopic (exact) mass is 331 g/mol. The average molecular weight is 331 g/mol. The van der Waals surface area contributed by atoms with Crippen molar-refractivity contribution < 1.29 is 9.32 Å². The third-order valence-corrected chi connectivity index (χ3v) is 4.68. The maximum Gasteiger partial charge on any atom is 0.227 e. The van der Waals surface area contributed by atoms with Crippen LogP contribution in [0.4, 0.5) is 0 Å². The molecule has 24 heavy (non-hydrogen) atoms. The number of nitrogens with zero attached hydrogens (tertiary/aromatic N) is 4. The predicted octanol–water partition coefficient (Wildman–Crippen LogP) is 2.83. The molecule has 130 valence electrons. The van der Waals surface area contributed by atoms with Crippen LogP contribution in [0.3, 0.4) is 0 Å². The molecule has 3 heterocycles. The van der Waals surface area contributed by atoms with Crippen LogP contribution in [0.5, 0.6) is 0 Å². The molecule has 1 N–H and O–H groups in total. The van der Waals surface area contributed by atoms with Crippen LogP contribution in [0, 0.1) is 13.8 Å². The van der Waals surface area contributed by atoms with Gasteiger partial charge < -0.3 is 9.42 Å². The van der Waals surface area contributed by atoms with Crippen LogP contribution >= 0.6 is 0 Å². The topological polar surface area (TPSA) is 87.9 Å². The number of aryl methyl sites for hydroxylation is 2. The minimum absolute atomic E-state index is 0.0216. The molecule has 0 unspecified atom stereocenters. The fraction of sp³-hybridized carbons (Fsp3) is 0.647. The van der Waals surface area contributed by atoms with Crippen LogP contribution in [-0.4, -0.2) is 37.7 Å². The molecule has 0 aromatic carbocycles. The molecule has 0 bridgehead atoms. The van der Waals surface area contributed by atoms with Gasteiger partial charge in [-0.15, -0.1) is 0 Å². The SMILES string of the molecule is Cc1noc(C)c1CC(=O)N1CCCC[C@H]1c1nc(C(C)C)n[nH]1. The number of carbonyl (C=O) groups excluding carboxylic acids is 1. The Morgan fingerprint density at radius 3 is 2.79 bits per heavy atom.